The lowest BCUT2D eigenvalue weighted by molar-refractivity contribution is 0.786. The smallest absolute Gasteiger partial charge is 0.176 e. The van der Waals surface area contributed by atoms with Gasteiger partial charge in [-0.15, -0.1) is 0 Å². The van der Waals surface area contributed by atoms with E-state index in [0.29, 0.717) is 22.2 Å². The molecular weight excluding hydrogens is 271 g/mol. The Morgan fingerprint density at radius 1 is 1.17 bits per heavy atom. The van der Waals surface area contributed by atoms with Gasteiger partial charge in [0.15, 0.2) is 11.4 Å². The van der Waals surface area contributed by atoms with E-state index in [-0.39, 0.29) is 11.4 Å². The van der Waals surface area contributed by atoms with Gasteiger partial charge in [0.2, 0.25) is 0 Å². The molecule has 0 aliphatic heterocycles. The molecule has 88 valence electrons. The standard InChI is InChI=1S/C12H6Cl2N4/c13-9-2-1-3-10(14)8(9)6-18-7-17-11(4-15)12(18)5-16/h1-3,7H,6H2. The Balaban J connectivity index is 2.45. The number of rotatable bonds is 2. The van der Waals surface area contributed by atoms with E-state index >= 15 is 0 Å². The number of hydrogen-bond acceptors (Lipinski definition) is 3. The fraction of sp³-hybridized carbons (Fsp3) is 0.0833. The van der Waals surface area contributed by atoms with Crippen LogP contribution in [0.4, 0.5) is 0 Å². The third-order valence-electron chi connectivity index (χ3n) is 2.44. The van der Waals surface area contributed by atoms with Gasteiger partial charge in [-0.3, -0.25) is 0 Å². The SMILES string of the molecule is N#Cc1ncn(Cc2c(Cl)cccc2Cl)c1C#N. The lowest BCUT2D eigenvalue weighted by atomic mass is 10.2. The lowest BCUT2D eigenvalue weighted by Gasteiger charge is -2.08. The van der Waals surface area contributed by atoms with Gasteiger partial charge in [-0.2, -0.15) is 10.5 Å². The first kappa shape index (κ1) is 12.4. The summed E-state index contributed by atoms with van der Waals surface area (Å²) < 4.78 is 1.55. The molecule has 2 rings (SSSR count). The van der Waals surface area contributed by atoms with Gasteiger partial charge in [-0.1, -0.05) is 29.3 Å². The summed E-state index contributed by atoms with van der Waals surface area (Å²) in [6.07, 6.45) is 1.43. The van der Waals surface area contributed by atoms with Gasteiger partial charge in [0.25, 0.3) is 0 Å². The van der Waals surface area contributed by atoms with E-state index in [0.717, 1.165) is 0 Å². The Morgan fingerprint density at radius 3 is 2.39 bits per heavy atom. The molecule has 0 saturated heterocycles. The number of imidazole rings is 1. The lowest BCUT2D eigenvalue weighted by Crippen LogP contribution is -2.02. The molecule has 0 radical (unpaired) electrons. The molecule has 1 heterocycles. The second kappa shape index (κ2) is 5.10. The molecule has 0 amide bonds. The van der Waals surface area contributed by atoms with Crippen molar-refractivity contribution < 1.29 is 0 Å². The Bertz CT molecular complexity index is 656. The second-order valence-corrected chi connectivity index (χ2v) is 4.31. The zero-order valence-corrected chi connectivity index (χ0v) is 10.6. The number of benzene rings is 1. The molecule has 0 aliphatic carbocycles. The van der Waals surface area contributed by atoms with Crippen LogP contribution in [0.1, 0.15) is 17.0 Å². The average Bonchev–Trinajstić information content (AvgIpc) is 2.75. The zero-order valence-electron chi connectivity index (χ0n) is 9.06. The van der Waals surface area contributed by atoms with Crippen molar-refractivity contribution in [2.24, 2.45) is 0 Å². The normalized spacial score (nSPS) is 9.78. The van der Waals surface area contributed by atoms with Gasteiger partial charge in [0.05, 0.1) is 12.9 Å². The van der Waals surface area contributed by atoms with E-state index in [4.69, 9.17) is 33.7 Å². The van der Waals surface area contributed by atoms with Crippen LogP contribution in [0.25, 0.3) is 0 Å². The summed E-state index contributed by atoms with van der Waals surface area (Å²) in [5.74, 6) is 0. The van der Waals surface area contributed by atoms with Crippen LogP contribution >= 0.6 is 23.2 Å². The summed E-state index contributed by atoms with van der Waals surface area (Å²) >= 11 is 12.1. The third-order valence-corrected chi connectivity index (χ3v) is 3.15. The van der Waals surface area contributed by atoms with E-state index in [2.05, 4.69) is 4.98 Å². The van der Waals surface area contributed by atoms with Crippen molar-refractivity contribution in [3.63, 3.8) is 0 Å². The Kier molecular flexibility index (Phi) is 3.53. The minimum Gasteiger partial charge on any atom is -0.317 e. The molecule has 0 unspecified atom stereocenters. The van der Waals surface area contributed by atoms with Crippen molar-refractivity contribution in [1.29, 1.82) is 10.5 Å². The maximum Gasteiger partial charge on any atom is 0.176 e. The van der Waals surface area contributed by atoms with Crippen LogP contribution in [0.2, 0.25) is 10.0 Å². The molecule has 1 aromatic carbocycles. The minimum absolute atomic E-state index is 0.0978. The van der Waals surface area contributed by atoms with Crippen LogP contribution in [0.5, 0.6) is 0 Å². The summed E-state index contributed by atoms with van der Waals surface area (Å²) in [6.45, 7) is 0.302. The number of nitrogens with zero attached hydrogens (tertiary/aromatic N) is 4. The van der Waals surface area contributed by atoms with Crippen LogP contribution < -0.4 is 0 Å². The summed E-state index contributed by atoms with van der Waals surface area (Å²) in [5, 5.41) is 18.8. The Labute approximate surface area is 114 Å². The predicted molar refractivity (Wildman–Crippen MR) is 67.2 cm³/mol. The van der Waals surface area contributed by atoms with Crippen molar-refractivity contribution in [2.75, 3.05) is 0 Å². The number of nitriles is 2. The molecule has 6 heteroatoms. The van der Waals surface area contributed by atoms with E-state index in [1.807, 2.05) is 12.1 Å². The fourth-order valence-corrected chi connectivity index (χ4v) is 2.07. The monoisotopic (exact) mass is 276 g/mol. The van der Waals surface area contributed by atoms with Crippen molar-refractivity contribution in [1.82, 2.24) is 9.55 Å². The van der Waals surface area contributed by atoms with E-state index in [1.54, 1.807) is 22.8 Å². The van der Waals surface area contributed by atoms with Crippen LogP contribution in [0.15, 0.2) is 24.5 Å². The molecule has 18 heavy (non-hydrogen) atoms. The number of halogens is 2. The molecule has 0 saturated carbocycles. The highest BCUT2D eigenvalue weighted by Gasteiger charge is 2.13. The molecule has 0 fully saturated rings. The molecule has 0 bridgehead atoms. The fourth-order valence-electron chi connectivity index (χ4n) is 1.55. The summed E-state index contributed by atoms with van der Waals surface area (Å²) in [6, 6.07) is 8.99. The predicted octanol–water partition coefficient (Wildman–Crippen LogP) is 2.98. The molecule has 0 aliphatic rings. The minimum atomic E-state index is 0.0978. The number of hydrogen-bond donors (Lipinski definition) is 0. The van der Waals surface area contributed by atoms with Gasteiger partial charge in [0, 0.05) is 15.6 Å². The highest BCUT2D eigenvalue weighted by Crippen LogP contribution is 2.25. The summed E-state index contributed by atoms with van der Waals surface area (Å²) in [4.78, 5) is 3.85. The first-order chi connectivity index (χ1) is 8.67. The Morgan fingerprint density at radius 2 is 1.83 bits per heavy atom. The molecule has 4 nitrogen and oxygen atoms in total. The highest BCUT2D eigenvalue weighted by molar-refractivity contribution is 6.35. The quantitative estimate of drug-likeness (QED) is 0.847. The first-order valence-electron chi connectivity index (χ1n) is 4.95. The van der Waals surface area contributed by atoms with Crippen LogP contribution in [-0.2, 0) is 6.54 Å². The van der Waals surface area contributed by atoms with Crippen LogP contribution in [-0.4, -0.2) is 9.55 Å². The molecule has 0 atom stereocenters. The van der Waals surface area contributed by atoms with E-state index < -0.39 is 0 Å². The molecule has 2 aromatic rings. The Hall–Kier alpha value is -2.01. The largest absolute Gasteiger partial charge is 0.317 e. The topological polar surface area (TPSA) is 65.4 Å². The van der Waals surface area contributed by atoms with Gasteiger partial charge in [0.1, 0.15) is 12.1 Å². The first-order valence-corrected chi connectivity index (χ1v) is 5.71. The van der Waals surface area contributed by atoms with Gasteiger partial charge in [-0.25, -0.2) is 4.98 Å². The van der Waals surface area contributed by atoms with Crippen LogP contribution in [0, 0.1) is 22.7 Å². The highest BCUT2D eigenvalue weighted by atomic mass is 35.5. The van der Waals surface area contributed by atoms with Gasteiger partial charge in [-0.05, 0) is 12.1 Å². The van der Waals surface area contributed by atoms with Crippen molar-refractivity contribution >= 4 is 23.2 Å². The summed E-state index contributed by atoms with van der Waals surface area (Å²) in [7, 11) is 0. The van der Waals surface area contributed by atoms with E-state index in [9.17, 15) is 0 Å². The second-order valence-electron chi connectivity index (χ2n) is 3.49. The van der Waals surface area contributed by atoms with Crippen molar-refractivity contribution in [3.8, 4) is 12.1 Å². The van der Waals surface area contributed by atoms with Gasteiger partial charge >= 0.3 is 0 Å². The number of aromatic nitrogens is 2. The van der Waals surface area contributed by atoms with Crippen molar-refractivity contribution in [3.05, 3.63) is 51.5 Å². The van der Waals surface area contributed by atoms with Gasteiger partial charge < -0.3 is 4.57 Å². The molecule has 0 spiro atoms. The maximum absolute atomic E-state index is 9.01. The summed E-state index contributed by atoms with van der Waals surface area (Å²) in [5.41, 5.74) is 0.994. The molecular formula is C12H6Cl2N4. The molecule has 0 N–H and O–H groups in total. The van der Waals surface area contributed by atoms with Crippen LogP contribution in [0.3, 0.4) is 0 Å². The zero-order chi connectivity index (χ0) is 13.1. The maximum atomic E-state index is 9.01. The van der Waals surface area contributed by atoms with E-state index in [1.165, 1.54) is 6.33 Å². The average molecular weight is 277 g/mol. The third kappa shape index (κ3) is 2.17. The molecule has 1 aromatic heterocycles. The van der Waals surface area contributed by atoms with Crippen molar-refractivity contribution in [2.45, 2.75) is 6.54 Å².